The Hall–Kier alpha value is -2.30. The Labute approximate surface area is 117 Å². The van der Waals surface area contributed by atoms with Gasteiger partial charge in [-0.3, -0.25) is 14.6 Å². The van der Waals surface area contributed by atoms with Crippen LogP contribution >= 0.6 is 0 Å². The predicted octanol–water partition coefficient (Wildman–Crippen LogP) is 2.08. The van der Waals surface area contributed by atoms with E-state index in [2.05, 4.69) is 15.3 Å². The fraction of sp³-hybridized carbons (Fsp3) is 0.333. The molecule has 0 amide bonds. The van der Waals surface area contributed by atoms with E-state index in [4.69, 9.17) is 0 Å². The van der Waals surface area contributed by atoms with Gasteiger partial charge in [-0.15, -0.1) is 0 Å². The highest BCUT2D eigenvalue weighted by Crippen LogP contribution is 2.25. The van der Waals surface area contributed by atoms with Crippen molar-refractivity contribution in [2.75, 3.05) is 11.9 Å². The van der Waals surface area contributed by atoms with Crippen LogP contribution in [0.15, 0.2) is 40.9 Å². The normalized spacial score (nSPS) is 15.9. The average molecular weight is 271 g/mol. The molecule has 0 saturated carbocycles. The molecule has 0 atom stereocenters. The summed E-state index contributed by atoms with van der Waals surface area (Å²) in [5.41, 5.74) is 2.25. The average Bonchev–Trinajstić information content (AvgIpc) is 2.48. The monoisotopic (exact) mass is 271 g/mol. The summed E-state index contributed by atoms with van der Waals surface area (Å²) >= 11 is 0. The van der Waals surface area contributed by atoms with Gasteiger partial charge >= 0.3 is 0 Å². The SMILES string of the molecule is CC1=C(C)C(=O)C(CCNc2cnccn2)=C(C)C1=O. The summed E-state index contributed by atoms with van der Waals surface area (Å²) in [4.78, 5) is 32.3. The molecule has 2 rings (SSSR count). The first-order chi connectivity index (χ1) is 9.52. The number of carbonyl (C=O) groups is 2. The predicted molar refractivity (Wildman–Crippen MR) is 76.2 cm³/mol. The summed E-state index contributed by atoms with van der Waals surface area (Å²) in [7, 11) is 0. The fourth-order valence-corrected chi connectivity index (χ4v) is 2.16. The molecule has 1 N–H and O–H groups in total. The van der Waals surface area contributed by atoms with Crippen LogP contribution in [0, 0.1) is 0 Å². The van der Waals surface area contributed by atoms with Gasteiger partial charge in [-0.1, -0.05) is 0 Å². The molecule has 5 heteroatoms. The van der Waals surface area contributed by atoms with Crippen molar-refractivity contribution in [3.63, 3.8) is 0 Å². The van der Waals surface area contributed by atoms with Crippen LogP contribution in [0.1, 0.15) is 27.2 Å². The number of hydrogen-bond donors (Lipinski definition) is 1. The highest BCUT2D eigenvalue weighted by Gasteiger charge is 2.27. The molecule has 20 heavy (non-hydrogen) atoms. The molecule has 5 nitrogen and oxygen atoms in total. The Morgan fingerprint density at radius 2 is 1.70 bits per heavy atom. The molecule has 0 spiro atoms. The van der Waals surface area contributed by atoms with Crippen molar-refractivity contribution in [3.05, 3.63) is 40.9 Å². The first kappa shape index (κ1) is 14.1. The van der Waals surface area contributed by atoms with Gasteiger partial charge < -0.3 is 5.32 Å². The van der Waals surface area contributed by atoms with Crippen molar-refractivity contribution in [2.24, 2.45) is 0 Å². The van der Waals surface area contributed by atoms with E-state index in [1.807, 2.05) is 0 Å². The molecule has 1 heterocycles. The molecule has 1 aromatic rings. The number of rotatable bonds is 4. The number of ketones is 2. The number of hydrogen-bond acceptors (Lipinski definition) is 5. The van der Waals surface area contributed by atoms with Gasteiger partial charge in [0.15, 0.2) is 11.6 Å². The van der Waals surface area contributed by atoms with Crippen molar-refractivity contribution >= 4 is 17.4 Å². The van der Waals surface area contributed by atoms with Crippen molar-refractivity contribution in [1.29, 1.82) is 0 Å². The minimum absolute atomic E-state index is 0.0273. The van der Waals surface area contributed by atoms with Gasteiger partial charge in [0, 0.05) is 41.2 Å². The van der Waals surface area contributed by atoms with Gasteiger partial charge in [0.2, 0.25) is 0 Å². The van der Waals surface area contributed by atoms with Gasteiger partial charge in [0.05, 0.1) is 6.20 Å². The smallest absolute Gasteiger partial charge is 0.185 e. The molecule has 1 aliphatic rings. The molecule has 0 fully saturated rings. The van der Waals surface area contributed by atoms with Crippen molar-refractivity contribution in [3.8, 4) is 0 Å². The standard InChI is InChI=1S/C15H17N3O2/c1-9-10(2)15(20)12(11(3)14(9)19)4-5-17-13-8-16-6-7-18-13/h6-8H,4-5H2,1-3H3,(H,17,18). The summed E-state index contributed by atoms with van der Waals surface area (Å²) in [6.07, 6.45) is 5.30. The first-order valence-electron chi connectivity index (χ1n) is 6.49. The second-order valence-electron chi connectivity index (χ2n) is 4.78. The minimum Gasteiger partial charge on any atom is -0.368 e. The molecular weight excluding hydrogens is 254 g/mol. The largest absolute Gasteiger partial charge is 0.368 e. The van der Waals surface area contributed by atoms with Gasteiger partial charge in [-0.05, 0) is 27.2 Å². The van der Waals surface area contributed by atoms with Crippen LogP contribution in [-0.2, 0) is 9.59 Å². The topological polar surface area (TPSA) is 72.0 Å². The van der Waals surface area contributed by atoms with E-state index in [1.54, 1.807) is 39.4 Å². The maximum Gasteiger partial charge on any atom is 0.185 e. The van der Waals surface area contributed by atoms with E-state index in [1.165, 1.54) is 0 Å². The van der Waals surface area contributed by atoms with Crippen LogP contribution in [0.5, 0.6) is 0 Å². The molecule has 0 unspecified atom stereocenters. The first-order valence-corrected chi connectivity index (χ1v) is 6.49. The number of anilines is 1. The van der Waals surface area contributed by atoms with Crippen LogP contribution in [0.2, 0.25) is 0 Å². The van der Waals surface area contributed by atoms with Crippen LogP contribution in [0.4, 0.5) is 5.82 Å². The van der Waals surface area contributed by atoms with Crippen molar-refractivity contribution < 1.29 is 9.59 Å². The lowest BCUT2D eigenvalue weighted by atomic mass is 9.84. The van der Waals surface area contributed by atoms with Crippen LogP contribution in [0.25, 0.3) is 0 Å². The molecule has 0 saturated heterocycles. The number of aromatic nitrogens is 2. The van der Waals surface area contributed by atoms with E-state index in [9.17, 15) is 9.59 Å². The lowest BCUT2D eigenvalue weighted by molar-refractivity contribution is -0.116. The Morgan fingerprint density at radius 1 is 1.00 bits per heavy atom. The summed E-state index contributed by atoms with van der Waals surface area (Å²) < 4.78 is 0. The lowest BCUT2D eigenvalue weighted by Crippen LogP contribution is -2.22. The van der Waals surface area contributed by atoms with E-state index in [-0.39, 0.29) is 11.6 Å². The summed E-state index contributed by atoms with van der Waals surface area (Å²) in [5, 5.41) is 3.09. The molecule has 0 radical (unpaired) electrons. The minimum atomic E-state index is -0.0309. The summed E-state index contributed by atoms with van der Waals surface area (Å²) in [6.45, 7) is 5.66. The number of nitrogens with one attached hydrogen (secondary N) is 1. The molecule has 104 valence electrons. The number of allylic oxidation sites excluding steroid dienone is 3. The van der Waals surface area contributed by atoms with Gasteiger partial charge in [0.25, 0.3) is 0 Å². The number of Topliss-reactive ketones (excluding diaryl/α,β-unsaturated/α-hetero) is 2. The van der Waals surface area contributed by atoms with E-state index < -0.39 is 0 Å². The third-order valence-corrected chi connectivity index (χ3v) is 3.56. The quantitative estimate of drug-likeness (QED) is 0.849. The molecule has 1 aromatic heterocycles. The Morgan fingerprint density at radius 3 is 2.35 bits per heavy atom. The second-order valence-corrected chi connectivity index (χ2v) is 4.78. The lowest BCUT2D eigenvalue weighted by Gasteiger charge is -2.18. The molecular formula is C15H17N3O2. The highest BCUT2D eigenvalue weighted by molar-refractivity contribution is 6.24. The Balaban J connectivity index is 2.06. The number of carbonyl (C=O) groups excluding carboxylic acids is 2. The maximum atomic E-state index is 12.2. The molecule has 1 aliphatic carbocycles. The van der Waals surface area contributed by atoms with E-state index in [0.29, 0.717) is 41.1 Å². The zero-order valence-electron chi connectivity index (χ0n) is 11.9. The zero-order valence-corrected chi connectivity index (χ0v) is 11.9. The third kappa shape index (κ3) is 2.66. The summed E-state index contributed by atoms with van der Waals surface area (Å²) in [5.74, 6) is 0.598. The molecule has 0 aromatic carbocycles. The highest BCUT2D eigenvalue weighted by atomic mass is 16.1. The zero-order chi connectivity index (χ0) is 14.7. The third-order valence-electron chi connectivity index (χ3n) is 3.56. The van der Waals surface area contributed by atoms with Gasteiger partial charge in [0.1, 0.15) is 5.82 Å². The Kier molecular flexibility index (Phi) is 4.08. The second kappa shape index (κ2) is 5.77. The Bertz CT molecular complexity index is 615. The summed E-state index contributed by atoms with van der Waals surface area (Å²) in [6, 6.07) is 0. The van der Waals surface area contributed by atoms with E-state index >= 15 is 0 Å². The van der Waals surface area contributed by atoms with Crippen LogP contribution in [-0.4, -0.2) is 28.1 Å². The van der Waals surface area contributed by atoms with Crippen molar-refractivity contribution in [1.82, 2.24) is 9.97 Å². The molecule has 0 bridgehead atoms. The van der Waals surface area contributed by atoms with Crippen molar-refractivity contribution in [2.45, 2.75) is 27.2 Å². The number of nitrogens with zero attached hydrogens (tertiary/aromatic N) is 2. The maximum absolute atomic E-state index is 12.2. The van der Waals surface area contributed by atoms with Crippen LogP contribution in [0.3, 0.4) is 0 Å². The van der Waals surface area contributed by atoms with E-state index in [0.717, 1.165) is 0 Å². The van der Waals surface area contributed by atoms with Gasteiger partial charge in [-0.25, -0.2) is 4.98 Å². The van der Waals surface area contributed by atoms with Gasteiger partial charge in [-0.2, -0.15) is 0 Å². The fourth-order valence-electron chi connectivity index (χ4n) is 2.16. The van der Waals surface area contributed by atoms with Crippen LogP contribution < -0.4 is 5.32 Å². The molecule has 0 aliphatic heterocycles.